The molecule has 4 rings (SSSR count). The maximum absolute atomic E-state index is 12.2. The van der Waals surface area contributed by atoms with E-state index >= 15 is 0 Å². The highest BCUT2D eigenvalue weighted by Crippen LogP contribution is 2.43. The van der Waals surface area contributed by atoms with Gasteiger partial charge in [0.05, 0.1) is 19.9 Å². The Labute approximate surface area is 151 Å². The molecular formula is C20H19N3O3. The first-order chi connectivity index (χ1) is 12.7. The Morgan fingerprint density at radius 3 is 2.54 bits per heavy atom. The van der Waals surface area contributed by atoms with Gasteiger partial charge in [-0.25, -0.2) is 0 Å². The molecule has 0 bridgehead atoms. The van der Waals surface area contributed by atoms with Crippen LogP contribution in [0.2, 0.25) is 0 Å². The summed E-state index contributed by atoms with van der Waals surface area (Å²) in [4.78, 5) is 12.2. The van der Waals surface area contributed by atoms with Crippen LogP contribution in [0.15, 0.2) is 48.5 Å². The van der Waals surface area contributed by atoms with Crippen molar-refractivity contribution in [2.75, 3.05) is 19.5 Å². The number of hydrogen-bond acceptors (Lipinski definition) is 4. The van der Waals surface area contributed by atoms with Crippen LogP contribution in [-0.4, -0.2) is 30.3 Å². The first-order valence-electron chi connectivity index (χ1n) is 8.36. The molecule has 0 fully saturated rings. The van der Waals surface area contributed by atoms with Crippen molar-refractivity contribution in [2.24, 2.45) is 0 Å². The molecule has 1 aliphatic heterocycles. The van der Waals surface area contributed by atoms with Crippen molar-refractivity contribution in [3.63, 3.8) is 0 Å². The number of aromatic amines is 1. The van der Waals surface area contributed by atoms with Crippen molar-refractivity contribution in [1.82, 2.24) is 10.2 Å². The van der Waals surface area contributed by atoms with Gasteiger partial charge in [-0.1, -0.05) is 36.4 Å². The number of nitrogens with one attached hydrogen (secondary N) is 2. The van der Waals surface area contributed by atoms with Gasteiger partial charge in [0.25, 0.3) is 0 Å². The average Bonchev–Trinajstić information content (AvgIpc) is 3.11. The number of hydrogen-bond donors (Lipinski definition) is 2. The van der Waals surface area contributed by atoms with Crippen molar-refractivity contribution in [1.29, 1.82) is 0 Å². The number of benzene rings is 2. The second-order valence-corrected chi connectivity index (χ2v) is 6.15. The summed E-state index contributed by atoms with van der Waals surface area (Å²) in [6.07, 6.45) is 0.349. The van der Waals surface area contributed by atoms with Crippen LogP contribution in [0.3, 0.4) is 0 Å². The minimum absolute atomic E-state index is 0.0524. The number of amides is 1. The van der Waals surface area contributed by atoms with E-state index in [-0.39, 0.29) is 11.8 Å². The molecular weight excluding hydrogens is 330 g/mol. The Hall–Kier alpha value is -3.28. The molecule has 2 heterocycles. The van der Waals surface area contributed by atoms with Gasteiger partial charge in [-0.15, -0.1) is 0 Å². The summed E-state index contributed by atoms with van der Waals surface area (Å²) in [5.41, 5.74) is 3.92. The summed E-state index contributed by atoms with van der Waals surface area (Å²) in [6, 6.07) is 15.7. The third-order valence-electron chi connectivity index (χ3n) is 4.67. The van der Waals surface area contributed by atoms with Crippen LogP contribution >= 0.6 is 0 Å². The van der Waals surface area contributed by atoms with Gasteiger partial charge in [0.15, 0.2) is 17.3 Å². The average molecular weight is 349 g/mol. The number of rotatable bonds is 4. The molecule has 1 amide bonds. The number of nitrogens with zero attached hydrogens (tertiary/aromatic N) is 1. The standard InChI is InChI=1S/C20H19N3O3/c1-25-15-9-8-13(10-16(15)26-2)14-11-17(24)21-20-18(14)19(22-23-20)12-6-4-3-5-7-12/h3-10,14H,11H2,1-2H3,(H2,21,22,23,24)/t14-/m0/s1. The highest BCUT2D eigenvalue weighted by atomic mass is 16.5. The van der Waals surface area contributed by atoms with Crippen molar-refractivity contribution >= 4 is 11.7 Å². The zero-order chi connectivity index (χ0) is 18.1. The summed E-state index contributed by atoms with van der Waals surface area (Å²) in [7, 11) is 3.21. The Balaban J connectivity index is 1.85. The Morgan fingerprint density at radius 1 is 1.04 bits per heavy atom. The SMILES string of the molecule is COc1ccc([C@@H]2CC(=O)Nc3n[nH]c(-c4ccccc4)c32)cc1OC. The summed E-state index contributed by atoms with van der Waals surface area (Å²) in [6.45, 7) is 0. The minimum atomic E-state index is -0.118. The number of ether oxygens (including phenoxy) is 2. The van der Waals surface area contributed by atoms with E-state index in [1.165, 1.54) is 0 Å². The van der Waals surface area contributed by atoms with Crippen LogP contribution in [-0.2, 0) is 4.79 Å². The topological polar surface area (TPSA) is 76.2 Å². The Morgan fingerprint density at radius 2 is 1.81 bits per heavy atom. The molecule has 0 radical (unpaired) electrons. The molecule has 3 aromatic rings. The summed E-state index contributed by atoms with van der Waals surface area (Å²) < 4.78 is 10.8. The second kappa shape index (κ2) is 6.55. The van der Waals surface area contributed by atoms with E-state index in [1.807, 2.05) is 48.5 Å². The highest BCUT2D eigenvalue weighted by molar-refractivity contribution is 5.96. The van der Waals surface area contributed by atoms with Crippen molar-refractivity contribution in [2.45, 2.75) is 12.3 Å². The Bertz CT molecular complexity index is 950. The van der Waals surface area contributed by atoms with E-state index in [2.05, 4.69) is 15.5 Å². The monoisotopic (exact) mass is 349 g/mol. The van der Waals surface area contributed by atoms with Crippen LogP contribution in [0, 0.1) is 0 Å². The first kappa shape index (κ1) is 16.2. The van der Waals surface area contributed by atoms with E-state index in [0.717, 1.165) is 22.4 Å². The fourth-order valence-electron chi connectivity index (χ4n) is 3.43. The molecule has 2 N–H and O–H groups in total. The smallest absolute Gasteiger partial charge is 0.226 e. The van der Waals surface area contributed by atoms with Gasteiger partial charge in [0.2, 0.25) is 5.91 Å². The van der Waals surface area contributed by atoms with Gasteiger partial charge >= 0.3 is 0 Å². The number of methoxy groups -OCH3 is 2. The quantitative estimate of drug-likeness (QED) is 0.755. The van der Waals surface area contributed by atoms with Crippen LogP contribution in [0.25, 0.3) is 11.3 Å². The minimum Gasteiger partial charge on any atom is -0.493 e. The molecule has 0 spiro atoms. The molecule has 6 nitrogen and oxygen atoms in total. The molecule has 0 unspecified atom stereocenters. The fraction of sp³-hybridized carbons (Fsp3) is 0.200. The van der Waals surface area contributed by atoms with Gasteiger partial charge < -0.3 is 14.8 Å². The predicted molar refractivity (Wildman–Crippen MR) is 98.7 cm³/mol. The molecule has 0 saturated heterocycles. The Kier molecular flexibility index (Phi) is 4.08. The molecule has 0 aliphatic carbocycles. The highest BCUT2D eigenvalue weighted by Gasteiger charge is 2.32. The number of H-pyrrole nitrogens is 1. The van der Waals surface area contributed by atoms with E-state index in [9.17, 15) is 4.79 Å². The van der Waals surface area contributed by atoms with Gasteiger partial charge in [-0.05, 0) is 23.3 Å². The normalized spacial score (nSPS) is 15.9. The van der Waals surface area contributed by atoms with Crippen LogP contribution in [0.5, 0.6) is 11.5 Å². The molecule has 1 aliphatic rings. The molecule has 132 valence electrons. The van der Waals surface area contributed by atoms with Crippen molar-refractivity contribution in [3.8, 4) is 22.8 Å². The predicted octanol–water partition coefficient (Wildman–Crippen LogP) is 3.57. The maximum Gasteiger partial charge on any atom is 0.226 e. The number of anilines is 1. The van der Waals surface area contributed by atoms with Gasteiger partial charge in [0.1, 0.15) is 0 Å². The lowest BCUT2D eigenvalue weighted by molar-refractivity contribution is -0.116. The zero-order valence-corrected chi connectivity index (χ0v) is 14.6. The lowest BCUT2D eigenvalue weighted by atomic mass is 9.84. The van der Waals surface area contributed by atoms with E-state index in [1.54, 1.807) is 14.2 Å². The molecule has 26 heavy (non-hydrogen) atoms. The number of carbonyl (C=O) groups is 1. The maximum atomic E-state index is 12.2. The number of aromatic nitrogens is 2. The molecule has 0 saturated carbocycles. The third kappa shape index (κ3) is 2.69. The summed E-state index contributed by atoms with van der Waals surface area (Å²) in [5.74, 6) is 1.71. The molecule has 2 aromatic carbocycles. The van der Waals surface area contributed by atoms with E-state index in [0.29, 0.717) is 23.7 Å². The number of fused-ring (bicyclic) bond motifs is 1. The van der Waals surface area contributed by atoms with Crippen LogP contribution in [0.4, 0.5) is 5.82 Å². The van der Waals surface area contributed by atoms with Crippen LogP contribution in [0.1, 0.15) is 23.5 Å². The summed E-state index contributed by atoms with van der Waals surface area (Å²) >= 11 is 0. The molecule has 1 atom stereocenters. The van der Waals surface area contributed by atoms with Crippen molar-refractivity contribution in [3.05, 3.63) is 59.7 Å². The van der Waals surface area contributed by atoms with Crippen molar-refractivity contribution < 1.29 is 14.3 Å². The summed E-state index contributed by atoms with van der Waals surface area (Å²) in [5, 5.41) is 10.3. The van der Waals surface area contributed by atoms with Gasteiger partial charge in [0, 0.05) is 17.9 Å². The van der Waals surface area contributed by atoms with E-state index < -0.39 is 0 Å². The lowest BCUT2D eigenvalue weighted by Crippen LogP contribution is -2.23. The fourth-order valence-corrected chi connectivity index (χ4v) is 3.43. The van der Waals surface area contributed by atoms with Crippen LogP contribution < -0.4 is 14.8 Å². The largest absolute Gasteiger partial charge is 0.493 e. The lowest BCUT2D eigenvalue weighted by Gasteiger charge is -2.24. The molecule has 1 aromatic heterocycles. The molecule has 6 heteroatoms. The third-order valence-corrected chi connectivity index (χ3v) is 4.67. The first-order valence-corrected chi connectivity index (χ1v) is 8.36. The second-order valence-electron chi connectivity index (χ2n) is 6.15. The zero-order valence-electron chi connectivity index (χ0n) is 14.6. The number of carbonyl (C=O) groups excluding carboxylic acids is 1. The van der Waals surface area contributed by atoms with Gasteiger partial charge in [-0.3, -0.25) is 9.89 Å². The van der Waals surface area contributed by atoms with E-state index in [4.69, 9.17) is 9.47 Å². The van der Waals surface area contributed by atoms with Gasteiger partial charge in [-0.2, -0.15) is 5.10 Å².